The molecule has 1 N–H and O–H groups in total. The smallest absolute Gasteiger partial charge is 0.219 e. The van der Waals surface area contributed by atoms with Crippen molar-refractivity contribution in [1.29, 1.82) is 0 Å². The summed E-state index contributed by atoms with van der Waals surface area (Å²) in [6, 6.07) is 0. The molecule has 0 spiro atoms. The highest BCUT2D eigenvalue weighted by molar-refractivity contribution is 5.75. The monoisotopic (exact) mass is 501 g/mol. The fourth-order valence-electron chi connectivity index (χ4n) is 4.43. The molecule has 1 amide bonds. The van der Waals surface area contributed by atoms with E-state index in [1.807, 2.05) is 0 Å². The number of unbranched alkanes of at least 4 members (excludes halogenated alkanes) is 18. The van der Waals surface area contributed by atoms with Gasteiger partial charge < -0.3 is 5.32 Å². The molecule has 210 valence electrons. The van der Waals surface area contributed by atoms with Crippen molar-refractivity contribution >= 4 is 5.91 Å². The topological polar surface area (TPSA) is 29.1 Å². The van der Waals surface area contributed by atoms with Gasteiger partial charge in [-0.25, -0.2) is 0 Å². The van der Waals surface area contributed by atoms with Gasteiger partial charge in [-0.05, 0) is 70.6 Å². The van der Waals surface area contributed by atoms with E-state index in [2.05, 4.69) is 55.6 Å². The lowest BCUT2D eigenvalue weighted by atomic mass is 10.1. The molecule has 0 rings (SSSR count). The van der Waals surface area contributed by atoms with Gasteiger partial charge in [0.2, 0.25) is 5.91 Å². The summed E-state index contributed by atoms with van der Waals surface area (Å²) in [5.41, 5.74) is 0. The summed E-state index contributed by atoms with van der Waals surface area (Å²) in [4.78, 5) is 12.0. The molecule has 0 aromatic rings. The number of allylic oxidation sites excluding steroid dienone is 6. The zero-order chi connectivity index (χ0) is 26.2. The Morgan fingerprint density at radius 3 is 1.42 bits per heavy atom. The lowest BCUT2D eigenvalue weighted by Gasteiger charge is -2.05. The molecule has 0 aromatic carbocycles. The van der Waals surface area contributed by atoms with Gasteiger partial charge in [-0.3, -0.25) is 4.79 Å². The maximum Gasteiger partial charge on any atom is 0.219 e. The Morgan fingerprint density at radius 2 is 0.861 bits per heavy atom. The first kappa shape index (κ1) is 34.7. The number of nitrogens with one attached hydrogen (secondary N) is 1. The minimum Gasteiger partial charge on any atom is -0.356 e. The number of rotatable bonds is 28. The zero-order valence-electron chi connectivity index (χ0n) is 24.6. The molecule has 0 bridgehead atoms. The van der Waals surface area contributed by atoms with Crippen LogP contribution in [0.3, 0.4) is 0 Å². The molecule has 0 heterocycles. The number of amides is 1. The highest BCUT2D eigenvalue weighted by Crippen LogP contribution is 2.10. The largest absolute Gasteiger partial charge is 0.356 e. The Kier molecular flexibility index (Phi) is 30.6. The third-order valence-corrected chi connectivity index (χ3v) is 6.87. The number of hydrogen-bond donors (Lipinski definition) is 1. The van der Waals surface area contributed by atoms with Gasteiger partial charge in [0, 0.05) is 13.0 Å². The van der Waals surface area contributed by atoms with Crippen LogP contribution in [0.2, 0.25) is 0 Å². The van der Waals surface area contributed by atoms with Crippen LogP contribution in [-0.2, 0) is 4.79 Å². The highest BCUT2D eigenvalue weighted by Gasteiger charge is 2.00. The minimum absolute atomic E-state index is 0.252. The van der Waals surface area contributed by atoms with Gasteiger partial charge in [0.15, 0.2) is 0 Å². The first-order chi connectivity index (χ1) is 17.8. The Balaban J connectivity index is 3.26. The van der Waals surface area contributed by atoms with Crippen LogP contribution in [0.15, 0.2) is 36.5 Å². The quantitative estimate of drug-likeness (QED) is 0.0838. The first-order valence-corrected chi connectivity index (χ1v) is 16.0. The van der Waals surface area contributed by atoms with Crippen molar-refractivity contribution in [2.75, 3.05) is 6.54 Å². The van der Waals surface area contributed by atoms with Gasteiger partial charge in [0.1, 0.15) is 0 Å². The van der Waals surface area contributed by atoms with Gasteiger partial charge in [0.05, 0.1) is 0 Å². The normalized spacial score (nSPS) is 11.9. The van der Waals surface area contributed by atoms with E-state index in [9.17, 15) is 4.79 Å². The Hall–Kier alpha value is -1.31. The van der Waals surface area contributed by atoms with Crippen LogP contribution in [0, 0.1) is 0 Å². The summed E-state index contributed by atoms with van der Waals surface area (Å²) in [5.74, 6) is 0.252. The lowest BCUT2D eigenvalue weighted by molar-refractivity contribution is -0.121. The third kappa shape index (κ3) is 30.7. The molecular weight excluding hydrogens is 438 g/mol. The van der Waals surface area contributed by atoms with Gasteiger partial charge in [0.25, 0.3) is 0 Å². The van der Waals surface area contributed by atoms with Gasteiger partial charge in [-0.2, -0.15) is 0 Å². The summed E-state index contributed by atoms with van der Waals surface area (Å²) in [6.07, 6.45) is 43.9. The van der Waals surface area contributed by atoms with E-state index in [1.54, 1.807) is 0 Å². The summed E-state index contributed by atoms with van der Waals surface area (Å²) >= 11 is 0. The van der Waals surface area contributed by atoms with Crippen molar-refractivity contribution < 1.29 is 4.79 Å². The molecule has 0 unspecified atom stereocenters. The molecule has 0 aliphatic carbocycles. The standard InChI is InChI=1S/C34H63NO/c1-3-5-7-9-11-13-15-17-19-20-22-24-26-28-30-32-34(36)35-33-31-29-27-25-23-21-18-16-14-12-10-8-6-4-2/h11,13-14,16-17,19H,3-10,12,15,18,20-33H2,1-2H3,(H,35,36)/b13-11-,16-14-,19-17-. The molecule has 0 saturated heterocycles. The van der Waals surface area contributed by atoms with Crippen LogP contribution >= 0.6 is 0 Å². The van der Waals surface area contributed by atoms with Crippen LogP contribution in [0.1, 0.15) is 168 Å². The zero-order valence-corrected chi connectivity index (χ0v) is 24.6. The second-order valence-corrected chi connectivity index (χ2v) is 10.6. The summed E-state index contributed by atoms with van der Waals surface area (Å²) in [5, 5.41) is 3.11. The number of carbonyl (C=O) groups is 1. The second kappa shape index (κ2) is 31.7. The van der Waals surface area contributed by atoms with E-state index < -0.39 is 0 Å². The van der Waals surface area contributed by atoms with E-state index in [-0.39, 0.29) is 5.91 Å². The van der Waals surface area contributed by atoms with Gasteiger partial charge in [-0.1, -0.05) is 127 Å². The SMILES string of the molecule is CCCCC/C=C\C/C=C\CCCCCCCC(=O)NCCCCCCCC/C=C\CCCCCC. The maximum absolute atomic E-state index is 12.0. The molecule has 36 heavy (non-hydrogen) atoms. The van der Waals surface area contributed by atoms with Crippen LogP contribution in [0.25, 0.3) is 0 Å². The first-order valence-electron chi connectivity index (χ1n) is 16.0. The van der Waals surface area contributed by atoms with E-state index in [0.29, 0.717) is 6.42 Å². The summed E-state index contributed by atoms with van der Waals surface area (Å²) in [6.45, 7) is 5.38. The molecular formula is C34H63NO. The molecule has 0 radical (unpaired) electrons. The molecule has 0 aliphatic heterocycles. The maximum atomic E-state index is 12.0. The fraction of sp³-hybridized carbons (Fsp3) is 0.794. The predicted molar refractivity (Wildman–Crippen MR) is 163 cm³/mol. The minimum atomic E-state index is 0.252. The van der Waals surface area contributed by atoms with E-state index in [0.717, 1.165) is 25.8 Å². The average Bonchev–Trinajstić information content (AvgIpc) is 2.88. The van der Waals surface area contributed by atoms with Crippen LogP contribution in [-0.4, -0.2) is 12.5 Å². The van der Waals surface area contributed by atoms with Crippen LogP contribution < -0.4 is 5.32 Å². The van der Waals surface area contributed by atoms with E-state index in [1.165, 1.54) is 128 Å². The molecule has 2 heteroatoms. The molecule has 0 aliphatic rings. The number of hydrogen-bond acceptors (Lipinski definition) is 1. The predicted octanol–water partition coefficient (Wildman–Crippen LogP) is 11.2. The lowest BCUT2D eigenvalue weighted by Crippen LogP contribution is -2.23. The second-order valence-electron chi connectivity index (χ2n) is 10.6. The van der Waals surface area contributed by atoms with Gasteiger partial charge in [-0.15, -0.1) is 0 Å². The van der Waals surface area contributed by atoms with Crippen molar-refractivity contribution in [3.8, 4) is 0 Å². The van der Waals surface area contributed by atoms with Crippen molar-refractivity contribution in [2.45, 2.75) is 168 Å². The molecule has 0 aromatic heterocycles. The van der Waals surface area contributed by atoms with E-state index in [4.69, 9.17) is 0 Å². The fourth-order valence-corrected chi connectivity index (χ4v) is 4.43. The Morgan fingerprint density at radius 1 is 0.472 bits per heavy atom. The van der Waals surface area contributed by atoms with Crippen molar-refractivity contribution in [3.63, 3.8) is 0 Å². The average molecular weight is 502 g/mol. The van der Waals surface area contributed by atoms with Crippen molar-refractivity contribution in [2.24, 2.45) is 0 Å². The Bertz CT molecular complexity index is 519. The van der Waals surface area contributed by atoms with Crippen molar-refractivity contribution in [1.82, 2.24) is 5.32 Å². The Labute approximate surface area is 226 Å². The van der Waals surface area contributed by atoms with Crippen molar-refractivity contribution in [3.05, 3.63) is 36.5 Å². The molecule has 2 nitrogen and oxygen atoms in total. The molecule has 0 atom stereocenters. The molecule has 0 saturated carbocycles. The highest BCUT2D eigenvalue weighted by atomic mass is 16.1. The van der Waals surface area contributed by atoms with Crippen LogP contribution in [0.5, 0.6) is 0 Å². The molecule has 0 fully saturated rings. The van der Waals surface area contributed by atoms with Crippen LogP contribution in [0.4, 0.5) is 0 Å². The number of carbonyl (C=O) groups excluding carboxylic acids is 1. The third-order valence-electron chi connectivity index (χ3n) is 6.87. The van der Waals surface area contributed by atoms with E-state index >= 15 is 0 Å². The van der Waals surface area contributed by atoms with Gasteiger partial charge >= 0.3 is 0 Å². The summed E-state index contributed by atoms with van der Waals surface area (Å²) < 4.78 is 0. The summed E-state index contributed by atoms with van der Waals surface area (Å²) in [7, 11) is 0.